The van der Waals surface area contributed by atoms with E-state index in [1.807, 2.05) is 60.7 Å². The van der Waals surface area contributed by atoms with Crippen molar-refractivity contribution in [3.05, 3.63) is 93.3 Å². The summed E-state index contributed by atoms with van der Waals surface area (Å²) in [6.45, 7) is 4.64. The second kappa shape index (κ2) is 9.14. The molecule has 3 aliphatic heterocycles. The van der Waals surface area contributed by atoms with Crippen molar-refractivity contribution in [2.45, 2.75) is 50.3 Å². The summed E-state index contributed by atoms with van der Waals surface area (Å²) in [4.78, 5) is 32.9. The first-order chi connectivity index (χ1) is 17.9. The Morgan fingerprint density at radius 3 is 2.05 bits per heavy atom. The molecule has 0 aliphatic carbocycles. The number of nitrogens with zero attached hydrogens (tertiary/aromatic N) is 3. The molecular formula is C27H30N4O6. The van der Waals surface area contributed by atoms with Crippen LogP contribution in [-0.4, -0.2) is 58.5 Å². The zero-order chi connectivity index (χ0) is 25.7. The number of H-pyrrole nitrogens is 1. The number of benzene rings is 2. The van der Waals surface area contributed by atoms with Crippen LogP contribution >= 0.6 is 0 Å². The van der Waals surface area contributed by atoms with Gasteiger partial charge >= 0.3 is 5.69 Å². The van der Waals surface area contributed by atoms with Gasteiger partial charge in [0.2, 0.25) is 0 Å². The smallest absolute Gasteiger partial charge is 0.330 e. The Morgan fingerprint density at radius 1 is 0.919 bits per heavy atom. The average Bonchev–Trinajstić information content (AvgIpc) is 3.55. The zero-order valence-corrected chi connectivity index (χ0v) is 20.7. The molecule has 2 aromatic carbocycles. The number of hydrogen-bond acceptors (Lipinski definition) is 8. The van der Waals surface area contributed by atoms with Gasteiger partial charge in [0.1, 0.15) is 24.5 Å². The van der Waals surface area contributed by atoms with Gasteiger partial charge in [0, 0.05) is 30.5 Å². The Hall–Kier alpha value is -3.44. The number of hydrogen-bond donors (Lipinski definition) is 2. The van der Waals surface area contributed by atoms with Gasteiger partial charge < -0.3 is 29.1 Å². The molecule has 4 heterocycles. The average molecular weight is 507 g/mol. The highest BCUT2D eigenvalue weighted by atomic mass is 16.8. The minimum Gasteiger partial charge on any atom is -0.394 e. The Balaban J connectivity index is 1.52. The Morgan fingerprint density at radius 2 is 1.49 bits per heavy atom. The van der Waals surface area contributed by atoms with E-state index in [2.05, 4.69) is 14.8 Å². The maximum absolute atomic E-state index is 13.5. The molecule has 0 radical (unpaired) electrons. The van der Waals surface area contributed by atoms with Gasteiger partial charge in [-0.1, -0.05) is 36.4 Å². The van der Waals surface area contributed by atoms with Gasteiger partial charge in [-0.25, -0.2) is 4.79 Å². The van der Waals surface area contributed by atoms with Gasteiger partial charge in [-0.2, -0.15) is 0 Å². The van der Waals surface area contributed by atoms with E-state index in [-0.39, 0.29) is 6.61 Å². The van der Waals surface area contributed by atoms with Crippen LogP contribution in [0.4, 0.5) is 11.4 Å². The highest BCUT2D eigenvalue weighted by Gasteiger charge is 2.56. The molecule has 1 aromatic heterocycles. The Bertz CT molecular complexity index is 1330. The molecule has 0 saturated carbocycles. The standard InChI is InChI=1S/C27H30N4O6/c1-27(2)36-22-20(16-32)35-25(23(22)37-27)31-19(15-21(33)28-26(31)34)24-29(17-9-5-3-6-10-17)13-14-30(24)18-11-7-4-8-12-18/h3-12,15,20,22-25,32H,13-14,16H2,1-2H3,(H,28,33,34)/t20-,22-,23-,25-/m1/s1. The highest BCUT2D eigenvalue weighted by molar-refractivity contribution is 5.58. The summed E-state index contributed by atoms with van der Waals surface area (Å²) in [5.41, 5.74) is 1.29. The molecule has 10 nitrogen and oxygen atoms in total. The van der Waals surface area contributed by atoms with Crippen molar-refractivity contribution in [1.29, 1.82) is 0 Å². The Kier molecular flexibility index (Phi) is 5.91. The molecule has 2 N–H and O–H groups in total. The molecule has 0 bridgehead atoms. The van der Waals surface area contributed by atoms with Crippen molar-refractivity contribution in [3.63, 3.8) is 0 Å². The summed E-state index contributed by atoms with van der Waals surface area (Å²) in [5, 5.41) is 10.0. The van der Waals surface area contributed by atoms with Crippen molar-refractivity contribution in [2.24, 2.45) is 0 Å². The fourth-order valence-electron chi connectivity index (χ4n) is 5.73. The summed E-state index contributed by atoms with van der Waals surface area (Å²) in [5.74, 6) is -0.906. The molecule has 3 saturated heterocycles. The van der Waals surface area contributed by atoms with Gasteiger partial charge in [0.25, 0.3) is 5.56 Å². The number of nitrogens with one attached hydrogen (secondary N) is 1. The number of aromatic amines is 1. The third-order valence-electron chi connectivity index (χ3n) is 7.18. The number of aliphatic hydroxyl groups excluding tert-OH is 1. The van der Waals surface area contributed by atoms with Crippen LogP contribution in [0.5, 0.6) is 0 Å². The lowest BCUT2D eigenvalue weighted by atomic mass is 10.1. The van der Waals surface area contributed by atoms with Crippen LogP contribution in [0.3, 0.4) is 0 Å². The molecular weight excluding hydrogens is 476 g/mol. The maximum atomic E-state index is 13.5. The van der Waals surface area contributed by atoms with E-state index in [4.69, 9.17) is 14.2 Å². The van der Waals surface area contributed by atoms with Crippen LogP contribution in [0.2, 0.25) is 0 Å². The largest absolute Gasteiger partial charge is 0.394 e. The lowest BCUT2D eigenvalue weighted by molar-refractivity contribution is -0.201. The first kappa shape index (κ1) is 23.9. The van der Waals surface area contributed by atoms with Crippen molar-refractivity contribution < 1.29 is 19.3 Å². The second-order valence-corrected chi connectivity index (χ2v) is 9.98. The van der Waals surface area contributed by atoms with E-state index in [1.165, 1.54) is 10.6 Å². The number of anilines is 2. The molecule has 3 fully saturated rings. The normalized spacial score (nSPS) is 27.1. The van der Waals surface area contributed by atoms with Crippen LogP contribution in [0.15, 0.2) is 76.3 Å². The van der Waals surface area contributed by atoms with Crippen molar-refractivity contribution in [3.8, 4) is 0 Å². The molecule has 3 aliphatic rings. The summed E-state index contributed by atoms with van der Waals surface area (Å²) in [6.07, 6.45) is -3.27. The lowest BCUT2D eigenvalue weighted by Gasteiger charge is -2.35. The summed E-state index contributed by atoms with van der Waals surface area (Å²) >= 11 is 0. The predicted molar refractivity (Wildman–Crippen MR) is 136 cm³/mol. The molecule has 37 heavy (non-hydrogen) atoms. The molecule has 194 valence electrons. The monoisotopic (exact) mass is 506 g/mol. The first-order valence-electron chi connectivity index (χ1n) is 12.5. The minimum absolute atomic E-state index is 0.291. The highest BCUT2D eigenvalue weighted by Crippen LogP contribution is 2.44. The fourth-order valence-corrected chi connectivity index (χ4v) is 5.73. The van der Waals surface area contributed by atoms with Crippen LogP contribution in [-0.2, 0) is 14.2 Å². The van der Waals surface area contributed by atoms with Crippen LogP contribution < -0.4 is 21.0 Å². The number of aliphatic hydroxyl groups is 1. The molecule has 6 rings (SSSR count). The molecule has 10 heteroatoms. The van der Waals surface area contributed by atoms with E-state index in [0.717, 1.165) is 11.4 Å². The molecule has 0 unspecified atom stereocenters. The van der Waals surface area contributed by atoms with E-state index in [0.29, 0.717) is 18.8 Å². The quantitative estimate of drug-likeness (QED) is 0.541. The van der Waals surface area contributed by atoms with E-state index in [1.54, 1.807) is 13.8 Å². The van der Waals surface area contributed by atoms with Crippen molar-refractivity contribution >= 4 is 11.4 Å². The first-order valence-corrected chi connectivity index (χ1v) is 12.5. The topological polar surface area (TPSA) is 109 Å². The van der Waals surface area contributed by atoms with Crippen LogP contribution in [0, 0.1) is 0 Å². The molecule has 0 spiro atoms. The van der Waals surface area contributed by atoms with Crippen molar-refractivity contribution in [1.82, 2.24) is 9.55 Å². The minimum atomic E-state index is -0.906. The van der Waals surface area contributed by atoms with Gasteiger partial charge in [0.15, 0.2) is 12.0 Å². The third kappa shape index (κ3) is 4.15. The van der Waals surface area contributed by atoms with Crippen molar-refractivity contribution in [2.75, 3.05) is 29.5 Å². The number of fused-ring (bicyclic) bond motifs is 1. The summed E-state index contributed by atoms with van der Waals surface area (Å²) < 4.78 is 19.8. The number of para-hydroxylation sites is 2. The fraction of sp³-hybridized carbons (Fsp3) is 0.407. The summed E-state index contributed by atoms with van der Waals surface area (Å²) in [7, 11) is 0. The maximum Gasteiger partial charge on any atom is 0.330 e. The third-order valence-corrected chi connectivity index (χ3v) is 7.18. The van der Waals surface area contributed by atoms with Crippen LogP contribution in [0.25, 0.3) is 0 Å². The number of rotatable bonds is 5. The van der Waals surface area contributed by atoms with Gasteiger partial charge in [-0.05, 0) is 38.1 Å². The van der Waals surface area contributed by atoms with E-state index < -0.39 is 47.7 Å². The zero-order valence-electron chi connectivity index (χ0n) is 20.7. The Labute approximate surface area is 213 Å². The SMILES string of the molecule is CC1(C)O[C@@H]2[C@H](O1)[C@@H](CO)O[C@H]2n1c(C2N(c3ccccc3)CCN2c2ccccc2)cc(=O)[nH]c1=O. The number of ether oxygens (including phenoxy) is 3. The number of aromatic nitrogens is 2. The molecule has 3 aromatic rings. The summed E-state index contributed by atoms with van der Waals surface area (Å²) in [6, 6.07) is 21.3. The van der Waals surface area contributed by atoms with Crippen LogP contribution in [0.1, 0.15) is 31.9 Å². The van der Waals surface area contributed by atoms with Gasteiger partial charge in [0.05, 0.1) is 12.3 Å². The molecule has 4 atom stereocenters. The predicted octanol–water partition coefficient (Wildman–Crippen LogP) is 1.97. The second-order valence-electron chi connectivity index (χ2n) is 9.98. The van der Waals surface area contributed by atoms with E-state index >= 15 is 0 Å². The lowest BCUT2D eigenvalue weighted by Crippen LogP contribution is -2.44. The van der Waals surface area contributed by atoms with Gasteiger partial charge in [-0.3, -0.25) is 14.3 Å². The van der Waals surface area contributed by atoms with E-state index in [9.17, 15) is 14.7 Å². The molecule has 0 amide bonds. The van der Waals surface area contributed by atoms with Gasteiger partial charge in [-0.15, -0.1) is 0 Å².